The summed E-state index contributed by atoms with van der Waals surface area (Å²) in [5, 5.41) is 0. The minimum atomic E-state index is -0.342. The van der Waals surface area contributed by atoms with Crippen LogP contribution in [-0.4, -0.2) is 22.6 Å². The normalized spacial score (nSPS) is 22.2. The van der Waals surface area contributed by atoms with Gasteiger partial charge in [0.05, 0.1) is 13.3 Å². The van der Waals surface area contributed by atoms with Gasteiger partial charge in [0.2, 0.25) is 0 Å². The number of nitrogens with zero attached hydrogens (tertiary/aromatic N) is 2. The maximum absolute atomic E-state index is 11.7. The van der Waals surface area contributed by atoms with E-state index in [1.165, 1.54) is 7.11 Å². The third kappa shape index (κ3) is 2.23. The third-order valence-electron chi connectivity index (χ3n) is 2.96. The Kier molecular flexibility index (Phi) is 3.89. The fraction of sp³-hybridized carbons (Fsp3) is 0.385. The zero-order chi connectivity index (χ0) is 13.2. The van der Waals surface area contributed by atoms with Crippen LogP contribution in [-0.2, 0) is 14.7 Å². The first kappa shape index (κ1) is 13.3. The summed E-state index contributed by atoms with van der Waals surface area (Å²) < 4.78 is 6.51. The summed E-state index contributed by atoms with van der Waals surface area (Å²) in [5.74, 6) is 0.553. The van der Waals surface area contributed by atoms with Gasteiger partial charge in [-0.3, -0.25) is 0 Å². The van der Waals surface area contributed by atoms with E-state index in [1.54, 1.807) is 6.20 Å². The molecular formula is C13H15IN2O2. The van der Waals surface area contributed by atoms with Crippen LogP contribution in [0.4, 0.5) is 0 Å². The molecule has 0 saturated carbocycles. The molecule has 0 saturated heterocycles. The lowest BCUT2D eigenvalue weighted by Gasteiger charge is -2.25. The molecule has 1 aliphatic rings. The maximum atomic E-state index is 11.7. The molecule has 1 unspecified atom stereocenters. The fourth-order valence-electron chi connectivity index (χ4n) is 2.06. The summed E-state index contributed by atoms with van der Waals surface area (Å²) in [5.41, 5.74) is 0.508. The predicted octanol–water partition coefficient (Wildman–Crippen LogP) is 2.84. The van der Waals surface area contributed by atoms with E-state index in [0.717, 1.165) is 12.2 Å². The molecule has 0 fully saturated rings. The molecule has 1 heterocycles. The van der Waals surface area contributed by atoms with E-state index >= 15 is 0 Å². The topological polar surface area (TPSA) is 44.1 Å². The second kappa shape index (κ2) is 5.26. The Morgan fingerprint density at radius 2 is 2.39 bits per heavy atom. The number of carbonyl (C=O) groups is 1. The highest BCUT2D eigenvalue weighted by atomic mass is 127. The van der Waals surface area contributed by atoms with Crippen LogP contribution in [0.2, 0.25) is 0 Å². The quantitative estimate of drug-likeness (QED) is 0.474. The number of aromatic nitrogens is 2. The number of alkyl halides is 1. The Bertz CT molecular complexity index is 519. The third-order valence-corrected chi connectivity index (χ3v) is 4.24. The van der Waals surface area contributed by atoms with Gasteiger partial charge in [-0.15, -0.1) is 0 Å². The van der Waals surface area contributed by atoms with Crippen LogP contribution in [0.1, 0.15) is 29.7 Å². The zero-order valence-electron chi connectivity index (χ0n) is 10.4. The highest BCUT2D eigenvalue weighted by molar-refractivity contribution is 14.1. The monoisotopic (exact) mass is 358 g/mol. The zero-order valence-corrected chi connectivity index (χ0v) is 12.5. The van der Waals surface area contributed by atoms with Gasteiger partial charge in [0.15, 0.2) is 0 Å². The van der Waals surface area contributed by atoms with Crippen LogP contribution < -0.4 is 0 Å². The first-order valence-corrected chi connectivity index (χ1v) is 6.88. The van der Waals surface area contributed by atoms with Crippen LogP contribution in [0.5, 0.6) is 0 Å². The minimum Gasteiger partial charge on any atom is -0.464 e. The number of hydrogen-bond donors (Lipinski definition) is 0. The van der Waals surface area contributed by atoms with Crippen molar-refractivity contribution in [2.75, 3.05) is 7.11 Å². The van der Waals surface area contributed by atoms with Gasteiger partial charge < -0.3 is 9.30 Å². The molecule has 0 amide bonds. The molecule has 1 aliphatic carbocycles. The Hall–Kier alpha value is -1.11. The van der Waals surface area contributed by atoms with E-state index in [1.807, 2.05) is 23.6 Å². The second-order valence-electron chi connectivity index (χ2n) is 4.06. The molecular weight excluding hydrogens is 343 g/mol. The summed E-state index contributed by atoms with van der Waals surface area (Å²) in [7, 11) is 1.39. The largest absolute Gasteiger partial charge is 0.464 e. The second-order valence-corrected chi connectivity index (χ2v) is 5.98. The van der Waals surface area contributed by atoms with E-state index in [-0.39, 0.29) is 9.39 Å². The van der Waals surface area contributed by atoms with E-state index in [4.69, 9.17) is 4.74 Å². The van der Waals surface area contributed by atoms with Crippen molar-refractivity contribution in [2.45, 2.75) is 23.3 Å². The van der Waals surface area contributed by atoms with Crippen LogP contribution in [0, 0.1) is 0 Å². The van der Waals surface area contributed by atoms with Crippen molar-refractivity contribution >= 4 is 28.6 Å². The van der Waals surface area contributed by atoms with E-state index in [2.05, 4.69) is 39.7 Å². The molecule has 0 N–H and O–H groups in total. The molecule has 1 aromatic rings. The van der Waals surface area contributed by atoms with Crippen LogP contribution in [0.25, 0.3) is 0 Å². The number of esters is 1. The van der Waals surface area contributed by atoms with E-state index in [9.17, 15) is 4.79 Å². The molecule has 4 nitrogen and oxygen atoms in total. The molecule has 96 valence electrons. The van der Waals surface area contributed by atoms with E-state index < -0.39 is 0 Å². The first-order valence-electron chi connectivity index (χ1n) is 5.80. The minimum absolute atomic E-state index is 0.186. The lowest BCUT2D eigenvalue weighted by molar-refractivity contribution is 0.0588. The van der Waals surface area contributed by atoms with Gasteiger partial charge in [0, 0.05) is 6.54 Å². The highest BCUT2D eigenvalue weighted by Gasteiger charge is 2.32. The molecule has 0 radical (unpaired) electrons. The Morgan fingerprint density at radius 3 is 2.94 bits per heavy atom. The summed E-state index contributed by atoms with van der Waals surface area (Å²) in [6.45, 7) is 2.70. The van der Waals surface area contributed by atoms with Gasteiger partial charge in [-0.1, -0.05) is 46.9 Å². The van der Waals surface area contributed by atoms with Gasteiger partial charge in [0.1, 0.15) is 14.9 Å². The molecule has 0 bridgehead atoms. The van der Waals surface area contributed by atoms with Crippen molar-refractivity contribution in [3.8, 4) is 0 Å². The first-order chi connectivity index (χ1) is 8.62. The number of hydrogen-bond acceptors (Lipinski definition) is 3. The van der Waals surface area contributed by atoms with Gasteiger partial charge >= 0.3 is 5.97 Å². The average Bonchev–Trinajstić information content (AvgIpc) is 2.83. The van der Waals surface area contributed by atoms with Crippen LogP contribution in [0.3, 0.4) is 0 Å². The Morgan fingerprint density at radius 1 is 1.61 bits per heavy atom. The van der Waals surface area contributed by atoms with Crippen LogP contribution in [0.15, 0.2) is 30.5 Å². The highest BCUT2D eigenvalue weighted by Crippen LogP contribution is 2.39. The van der Waals surface area contributed by atoms with Gasteiger partial charge in [-0.25, -0.2) is 9.78 Å². The van der Waals surface area contributed by atoms with Crippen molar-refractivity contribution in [1.29, 1.82) is 0 Å². The lowest BCUT2D eigenvalue weighted by Crippen LogP contribution is -2.23. The molecule has 18 heavy (non-hydrogen) atoms. The molecule has 1 atom stereocenters. The van der Waals surface area contributed by atoms with Crippen molar-refractivity contribution in [2.24, 2.45) is 0 Å². The lowest BCUT2D eigenvalue weighted by atomic mass is 10.00. The van der Waals surface area contributed by atoms with Gasteiger partial charge in [-0.05, 0) is 13.3 Å². The maximum Gasteiger partial charge on any atom is 0.356 e. The standard InChI is InChI=1S/C13H15IN2O2/c1-3-16-10(11(17)18-2)9-15-12(16)13(14)7-5-4-6-8-13/h4-7,9H,3,8H2,1-2H3. The van der Waals surface area contributed by atoms with Crippen molar-refractivity contribution in [3.05, 3.63) is 42.0 Å². The Balaban J connectivity index is 2.46. The Labute approximate surface area is 120 Å². The summed E-state index contributed by atoms with van der Waals surface area (Å²) >= 11 is 2.38. The molecule has 0 aromatic carbocycles. The predicted molar refractivity (Wildman–Crippen MR) is 77.8 cm³/mol. The van der Waals surface area contributed by atoms with Crippen molar-refractivity contribution in [1.82, 2.24) is 9.55 Å². The smallest absolute Gasteiger partial charge is 0.356 e. The summed E-state index contributed by atoms with van der Waals surface area (Å²) in [6, 6.07) is 0. The van der Waals surface area contributed by atoms with E-state index in [0.29, 0.717) is 12.2 Å². The summed E-state index contributed by atoms with van der Waals surface area (Å²) in [4.78, 5) is 16.1. The molecule has 0 spiro atoms. The summed E-state index contributed by atoms with van der Waals surface area (Å²) in [6.07, 6.45) is 10.7. The number of rotatable bonds is 3. The van der Waals surface area contributed by atoms with Gasteiger partial charge in [-0.2, -0.15) is 0 Å². The molecule has 1 aromatic heterocycles. The number of allylic oxidation sites excluding steroid dienone is 4. The number of halogens is 1. The van der Waals surface area contributed by atoms with Crippen molar-refractivity contribution in [3.63, 3.8) is 0 Å². The average molecular weight is 358 g/mol. The number of imidazole rings is 1. The molecule has 5 heteroatoms. The van der Waals surface area contributed by atoms with Gasteiger partial charge in [0.25, 0.3) is 0 Å². The van der Waals surface area contributed by atoms with Crippen LogP contribution >= 0.6 is 22.6 Å². The SMILES string of the molecule is CCn1c(C(=O)OC)cnc1C1(I)C=CC=CC1. The fourth-order valence-corrected chi connectivity index (χ4v) is 2.95. The molecule has 2 rings (SSSR count). The van der Waals surface area contributed by atoms with Crippen molar-refractivity contribution < 1.29 is 9.53 Å². The number of carbonyl (C=O) groups excluding carboxylic acids is 1. The molecule has 0 aliphatic heterocycles. The number of methoxy groups -OCH3 is 1. The number of ether oxygens (including phenoxy) is 1.